The van der Waals surface area contributed by atoms with Crippen molar-refractivity contribution in [3.8, 4) is 0 Å². The Kier molecular flexibility index (Phi) is 6.02. The third kappa shape index (κ3) is 4.35. The Balaban J connectivity index is 2.78. The monoisotopic (exact) mass is 267 g/mol. The Morgan fingerprint density at radius 2 is 2.16 bits per heavy atom. The number of aromatic nitrogens is 2. The van der Waals surface area contributed by atoms with Gasteiger partial charge in [0.2, 0.25) is 0 Å². The van der Waals surface area contributed by atoms with Crippen LogP contribution in [0.25, 0.3) is 0 Å². The number of amides is 1. The molecule has 1 atom stereocenters. The van der Waals surface area contributed by atoms with E-state index in [0.717, 1.165) is 18.5 Å². The molecule has 108 valence electrons. The van der Waals surface area contributed by atoms with E-state index in [1.54, 1.807) is 4.68 Å². The summed E-state index contributed by atoms with van der Waals surface area (Å²) in [5, 5.41) is 16.5. The molecular weight excluding hydrogens is 242 g/mol. The summed E-state index contributed by atoms with van der Waals surface area (Å²) >= 11 is 0. The van der Waals surface area contributed by atoms with Crippen LogP contribution in [-0.2, 0) is 13.0 Å². The minimum Gasteiger partial charge on any atom is -0.394 e. The fraction of sp³-hybridized carbons (Fsp3) is 0.714. The first kappa shape index (κ1) is 15.7. The molecule has 0 fully saturated rings. The molecule has 0 aliphatic rings. The van der Waals surface area contributed by atoms with Gasteiger partial charge in [0, 0.05) is 6.54 Å². The molecular formula is C14H25N3O2. The molecule has 5 heteroatoms. The van der Waals surface area contributed by atoms with E-state index in [9.17, 15) is 9.90 Å². The van der Waals surface area contributed by atoms with Gasteiger partial charge in [-0.15, -0.1) is 0 Å². The molecule has 1 aromatic rings. The van der Waals surface area contributed by atoms with Crippen molar-refractivity contribution in [3.63, 3.8) is 0 Å². The topological polar surface area (TPSA) is 67.2 Å². The Hall–Kier alpha value is -1.36. The zero-order valence-corrected chi connectivity index (χ0v) is 12.3. The van der Waals surface area contributed by atoms with Crippen LogP contribution in [0.15, 0.2) is 6.07 Å². The lowest BCUT2D eigenvalue weighted by atomic mass is 10.0. The van der Waals surface area contributed by atoms with Crippen molar-refractivity contribution in [2.24, 2.45) is 5.92 Å². The number of aryl methyl sites for hydroxylation is 2. The molecule has 2 N–H and O–H groups in total. The number of aliphatic hydroxyl groups is 1. The van der Waals surface area contributed by atoms with E-state index in [-0.39, 0.29) is 18.6 Å². The van der Waals surface area contributed by atoms with E-state index >= 15 is 0 Å². The molecule has 0 saturated heterocycles. The highest BCUT2D eigenvalue weighted by molar-refractivity contribution is 5.92. The number of rotatable bonds is 7. The van der Waals surface area contributed by atoms with Crippen molar-refractivity contribution in [1.82, 2.24) is 15.1 Å². The van der Waals surface area contributed by atoms with E-state index in [2.05, 4.69) is 24.3 Å². The van der Waals surface area contributed by atoms with Gasteiger partial charge in [-0.25, -0.2) is 0 Å². The summed E-state index contributed by atoms with van der Waals surface area (Å²) in [6.45, 7) is 8.74. The molecule has 0 aliphatic carbocycles. The lowest BCUT2D eigenvalue weighted by Gasteiger charge is -2.18. The Labute approximate surface area is 115 Å². The maximum absolute atomic E-state index is 12.2. The fourth-order valence-electron chi connectivity index (χ4n) is 2.07. The van der Waals surface area contributed by atoms with Gasteiger partial charge in [0.15, 0.2) is 0 Å². The standard InChI is InChI=1S/C14H25N3O2/c1-5-11-8-13(17(6-2)16-11)14(19)15-12(9-18)7-10(3)4/h8,10,12,18H,5-7,9H2,1-4H3,(H,15,19). The SMILES string of the molecule is CCc1cc(C(=O)NC(CO)CC(C)C)n(CC)n1. The summed E-state index contributed by atoms with van der Waals surface area (Å²) in [5.74, 6) is 0.272. The van der Waals surface area contributed by atoms with Crippen molar-refractivity contribution in [2.75, 3.05) is 6.61 Å². The minimum atomic E-state index is -0.196. The van der Waals surface area contributed by atoms with Crippen molar-refractivity contribution >= 4 is 5.91 Å². The largest absolute Gasteiger partial charge is 0.394 e. The first-order valence-electron chi connectivity index (χ1n) is 7.00. The molecule has 0 aliphatic heterocycles. The average molecular weight is 267 g/mol. The zero-order chi connectivity index (χ0) is 14.4. The molecule has 1 unspecified atom stereocenters. The van der Waals surface area contributed by atoms with Crippen LogP contribution in [0, 0.1) is 5.92 Å². The van der Waals surface area contributed by atoms with E-state index < -0.39 is 0 Å². The van der Waals surface area contributed by atoms with Crippen LogP contribution in [0.1, 0.15) is 50.3 Å². The molecule has 0 radical (unpaired) electrons. The molecule has 0 aromatic carbocycles. The smallest absolute Gasteiger partial charge is 0.269 e. The highest BCUT2D eigenvalue weighted by Gasteiger charge is 2.18. The lowest BCUT2D eigenvalue weighted by molar-refractivity contribution is 0.0897. The number of hydrogen-bond acceptors (Lipinski definition) is 3. The maximum atomic E-state index is 12.2. The quantitative estimate of drug-likeness (QED) is 0.788. The second-order valence-electron chi connectivity index (χ2n) is 5.17. The molecule has 1 amide bonds. The summed E-state index contributed by atoms with van der Waals surface area (Å²) in [6.07, 6.45) is 1.58. The van der Waals surface area contributed by atoms with Gasteiger partial charge in [-0.2, -0.15) is 5.10 Å². The minimum absolute atomic E-state index is 0.0369. The third-order valence-electron chi connectivity index (χ3n) is 3.04. The molecule has 0 bridgehead atoms. The number of carbonyl (C=O) groups excluding carboxylic acids is 1. The Bertz CT molecular complexity index is 413. The number of aliphatic hydroxyl groups excluding tert-OH is 1. The van der Waals surface area contributed by atoms with Crippen LogP contribution >= 0.6 is 0 Å². The fourth-order valence-corrected chi connectivity index (χ4v) is 2.07. The predicted octanol–water partition coefficient (Wildman–Crippen LogP) is 1.60. The average Bonchev–Trinajstić information content (AvgIpc) is 2.80. The van der Waals surface area contributed by atoms with Gasteiger partial charge >= 0.3 is 0 Å². The van der Waals surface area contributed by atoms with Crippen LogP contribution in [-0.4, -0.2) is 33.4 Å². The van der Waals surface area contributed by atoms with Crippen LogP contribution in [0.4, 0.5) is 0 Å². The normalized spacial score (nSPS) is 12.7. The molecule has 0 spiro atoms. The van der Waals surface area contributed by atoms with E-state index in [1.165, 1.54) is 0 Å². The number of carbonyl (C=O) groups is 1. The summed E-state index contributed by atoms with van der Waals surface area (Å²) in [6, 6.07) is 1.63. The van der Waals surface area contributed by atoms with Gasteiger partial charge in [0.05, 0.1) is 18.3 Å². The van der Waals surface area contributed by atoms with Crippen molar-refractivity contribution in [3.05, 3.63) is 17.5 Å². The van der Waals surface area contributed by atoms with Gasteiger partial charge in [0.25, 0.3) is 5.91 Å². The molecule has 0 saturated carbocycles. The second-order valence-corrected chi connectivity index (χ2v) is 5.17. The van der Waals surface area contributed by atoms with Crippen LogP contribution in [0.3, 0.4) is 0 Å². The molecule has 1 aromatic heterocycles. The second kappa shape index (κ2) is 7.28. The van der Waals surface area contributed by atoms with Gasteiger partial charge in [-0.05, 0) is 31.7 Å². The van der Waals surface area contributed by atoms with Crippen molar-refractivity contribution in [1.29, 1.82) is 0 Å². The third-order valence-corrected chi connectivity index (χ3v) is 3.04. The maximum Gasteiger partial charge on any atom is 0.269 e. The van der Waals surface area contributed by atoms with E-state index in [4.69, 9.17) is 0 Å². The van der Waals surface area contributed by atoms with E-state index in [0.29, 0.717) is 18.2 Å². The molecule has 19 heavy (non-hydrogen) atoms. The molecule has 5 nitrogen and oxygen atoms in total. The van der Waals surface area contributed by atoms with Gasteiger partial charge < -0.3 is 10.4 Å². The first-order chi connectivity index (χ1) is 9.01. The summed E-state index contributed by atoms with van der Waals surface area (Å²) in [5.41, 5.74) is 1.48. The van der Waals surface area contributed by atoms with Crippen LogP contribution < -0.4 is 5.32 Å². The van der Waals surface area contributed by atoms with E-state index in [1.807, 2.05) is 19.9 Å². The summed E-state index contributed by atoms with van der Waals surface area (Å²) < 4.78 is 1.71. The summed E-state index contributed by atoms with van der Waals surface area (Å²) in [7, 11) is 0. The zero-order valence-electron chi connectivity index (χ0n) is 12.3. The van der Waals surface area contributed by atoms with Crippen molar-refractivity contribution < 1.29 is 9.90 Å². The summed E-state index contributed by atoms with van der Waals surface area (Å²) in [4.78, 5) is 12.2. The number of nitrogens with one attached hydrogen (secondary N) is 1. The van der Waals surface area contributed by atoms with Crippen LogP contribution in [0.5, 0.6) is 0 Å². The molecule has 1 heterocycles. The van der Waals surface area contributed by atoms with Crippen LogP contribution in [0.2, 0.25) is 0 Å². The number of hydrogen-bond donors (Lipinski definition) is 2. The lowest BCUT2D eigenvalue weighted by Crippen LogP contribution is -2.39. The van der Waals surface area contributed by atoms with Gasteiger partial charge in [0.1, 0.15) is 5.69 Å². The number of nitrogens with zero attached hydrogens (tertiary/aromatic N) is 2. The first-order valence-corrected chi connectivity index (χ1v) is 7.00. The molecule has 1 rings (SSSR count). The Morgan fingerprint density at radius 1 is 1.47 bits per heavy atom. The highest BCUT2D eigenvalue weighted by atomic mass is 16.3. The van der Waals surface area contributed by atoms with Gasteiger partial charge in [-0.1, -0.05) is 20.8 Å². The van der Waals surface area contributed by atoms with Gasteiger partial charge in [-0.3, -0.25) is 9.48 Å². The Morgan fingerprint density at radius 3 is 2.63 bits per heavy atom. The highest BCUT2D eigenvalue weighted by Crippen LogP contribution is 2.08. The predicted molar refractivity (Wildman–Crippen MR) is 75.1 cm³/mol. The van der Waals surface area contributed by atoms with Crippen molar-refractivity contribution in [2.45, 2.75) is 53.1 Å².